The number of halogens is 1. The molecule has 1 atom stereocenters. The number of rotatable bonds is 6. The van der Waals surface area contributed by atoms with Gasteiger partial charge in [0.05, 0.1) is 5.69 Å². The maximum Gasteiger partial charge on any atom is 0.221 e. The fourth-order valence-electron chi connectivity index (χ4n) is 5.00. The number of hydrogen-bond acceptors (Lipinski definition) is 4. The fourth-order valence-corrected chi connectivity index (χ4v) is 5.00. The number of para-hydroxylation sites is 1. The molecule has 0 radical (unpaired) electrons. The van der Waals surface area contributed by atoms with Gasteiger partial charge in [0, 0.05) is 30.3 Å². The van der Waals surface area contributed by atoms with E-state index in [2.05, 4.69) is 16.7 Å². The van der Waals surface area contributed by atoms with Crippen molar-refractivity contribution < 1.29 is 14.3 Å². The van der Waals surface area contributed by atoms with E-state index in [0.29, 0.717) is 16.7 Å². The monoisotopic (exact) mass is 463 g/mol. The number of allylic oxidation sites excluding steroid dienone is 1. The van der Waals surface area contributed by atoms with Crippen LogP contribution in [0.1, 0.15) is 56.6 Å². The van der Waals surface area contributed by atoms with Crippen molar-refractivity contribution in [1.29, 1.82) is 0 Å². The minimum absolute atomic E-state index is 0.149. The van der Waals surface area contributed by atoms with Gasteiger partial charge in [0.25, 0.3) is 0 Å². The molecule has 1 unspecified atom stereocenters. The van der Waals surface area contributed by atoms with Gasteiger partial charge in [-0.2, -0.15) is 0 Å². The van der Waals surface area contributed by atoms with Crippen LogP contribution >= 0.6 is 0 Å². The summed E-state index contributed by atoms with van der Waals surface area (Å²) in [5, 5.41) is 17.2. The highest BCUT2D eigenvalue weighted by atomic mass is 19.1. The van der Waals surface area contributed by atoms with Crippen LogP contribution in [0.4, 0.5) is 10.1 Å². The Morgan fingerprint density at radius 3 is 2.85 bits per heavy atom. The van der Waals surface area contributed by atoms with Crippen LogP contribution in [0.2, 0.25) is 0 Å². The molecule has 2 heterocycles. The zero-order valence-electron chi connectivity index (χ0n) is 20.1. The number of nitrogens with one attached hydrogen (secondary N) is 2. The molecule has 0 aliphatic carbocycles. The number of phenols is 1. The summed E-state index contributed by atoms with van der Waals surface area (Å²) < 4.78 is 14.7. The largest absolute Gasteiger partial charge is 0.507 e. The molecule has 0 spiro atoms. The summed E-state index contributed by atoms with van der Waals surface area (Å²) >= 11 is 0. The Hall–Kier alpha value is -2.99. The van der Waals surface area contributed by atoms with Crippen LogP contribution in [0.5, 0.6) is 5.75 Å². The second-order valence-electron chi connectivity index (χ2n) is 9.41. The normalized spacial score (nSPS) is 18.6. The maximum absolute atomic E-state index is 14.7. The number of hydrogen-bond donors (Lipinski definition) is 3. The second-order valence-corrected chi connectivity index (χ2v) is 9.41. The summed E-state index contributed by atoms with van der Waals surface area (Å²) in [6.07, 6.45) is 8.75. The minimum atomic E-state index is -0.519. The average molecular weight is 464 g/mol. The number of dihydropyridines is 1. The molecule has 2 aliphatic heterocycles. The van der Waals surface area contributed by atoms with Crippen LogP contribution in [-0.4, -0.2) is 36.4 Å². The molecule has 2 aliphatic rings. The Balaban J connectivity index is 1.55. The molecule has 0 saturated carbocycles. The number of benzene rings is 2. The zero-order valence-corrected chi connectivity index (χ0v) is 20.1. The van der Waals surface area contributed by atoms with Crippen LogP contribution in [0, 0.1) is 18.7 Å². The third-order valence-corrected chi connectivity index (χ3v) is 6.82. The number of aromatic hydroxyl groups is 1. The summed E-state index contributed by atoms with van der Waals surface area (Å²) in [7, 11) is 0. The predicted molar refractivity (Wildman–Crippen MR) is 137 cm³/mol. The van der Waals surface area contributed by atoms with Gasteiger partial charge in [0.2, 0.25) is 5.91 Å². The highest BCUT2D eigenvalue weighted by molar-refractivity contribution is 6.03. The minimum Gasteiger partial charge on any atom is -0.507 e. The van der Waals surface area contributed by atoms with Crippen molar-refractivity contribution in [2.45, 2.75) is 52.4 Å². The summed E-state index contributed by atoms with van der Waals surface area (Å²) in [5.74, 6) is 0.0507. The summed E-state index contributed by atoms with van der Waals surface area (Å²) in [6, 6.07) is 8.75. The van der Waals surface area contributed by atoms with Gasteiger partial charge in [-0.15, -0.1) is 0 Å². The number of carbonyl (C=O) groups is 1. The molecule has 5 nitrogen and oxygen atoms in total. The average Bonchev–Trinajstić information content (AvgIpc) is 3.09. The lowest BCUT2D eigenvalue weighted by atomic mass is 9.90. The third-order valence-electron chi connectivity index (χ3n) is 6.82. The van der Waals surface area contributed by atoms with E-state index in [1.807, 2.05) is 12.1 Å². The van der Waals surface area contributed by atoms with Gasteiger partial charge in [-0.05, 0) is 99.4 Å². The van der Waals surface area contributed by atoms with E-state index in [1.54, 1.807) is 19.1 Å². The van der Waals surface area contributed by atoms with Crippen LogP contribution in [0.15, 0.2) is 41.4 Å². The number of aliphatic imine (C=N–C) groups is 1. The predicted octanol–water partition coefficient (Wildman–Crippen LogP) is 5.86. The van der Waals surface area contributed by atoms with E-state index in [-0.39, 0.29) is 17.3 Å². The SMILES string of the molecule is CC(=O)Nc1c(C)cc(-c2cccc(C3=CC(CCC4CCCNCC4)=NCC3)c2O)cc1F. The van der Waals surface area contributed by atoms with E-state index in [1.165, 1.54) is 32.3 Å². The van der Waals surface area contributed by atoms with Crippen molar-refractivity contribution in [2.75, 3.05) is 25.0 Å². The highest BCUT2D eigenvalue weighted by Gasteiger charge is 2.19. The second kappa shape index (κ2) is 11.0. The van der Waals surface area contributed by atoms with Crippen molar-refractivity contribution in [3.05, 3.63) is 53.4 Å². The van der Waals surface area contributed by atoms with Crippen LogP contribution < -0.4 is 10.6 Å². The molecule has 3 N–H and O–H groups in total. The summed E-state index contributed by atoms with van der Waals surface area (Å²) in [6.45, 7) is 6.04. The van der Waals surface area contributed by atoms with Gasteiger partial charge >= 0.3 is 0 Å². The Kier molecular flexibility index (Phi) is 7.78. The van der Waals surface area contributed by atoms with E-state index in [4.69, 9.17) is 4.99 Å². The van der Waals surface area contributed by atoms with Gasteiger partial charge in [-0.1, -0.05) is 18.2 Å². The Bertz CT molecular complexity index is 1090. The van der Waals surface area contributed by atoms with E-state index in [9.17, 15) is 14.3 Å². The van der Waals surface area contributed by atoms with E-state index >= 15 is 0 Å². The molecule has 2 aromatic rings. The van der Waals surface area contributed by atoms with E-state index in [0.717, 1.165) is 61.7 Å². The van der Waals surface area contributed by atoms with Crippen LogP contribution in [0.25, 0.3) is 16.7 Å². The standard InChI is InChI=1S/C28H34FN3O2/c1-18-15-22(17-26(29)27(18)32-19(2)33)25-7-3-6-24(28(25)34)21-11-14-31-23(16-21)9-8-20-5-4-12-30-13-10-20/h3,6-7,15-17,20,30,34H,4-5,8-14H2,1-2H3,(H,32,33). The van der Waals surface area contributed by atoms with Gasteiger partial charge in [0.1, 0.15) is 11.6 Å². The molecule has 1 amide bonds. The number of nitrogens with zero attached hydrogens (tertiary/aromatic N) is 1. The van der Waals surface area contributed by atoms with Gasteiger partial charge in [-0.3, -0.25) is 9.79 Å². The molecular weight excluding hydrogens is 429 g/mol. The summed E-state index contributed by atoms with van der Waals surface area (Å²) in [4.78, 5) is 16.1. The van der Waals surface area contributed by atoms with Crippen LogP contribution in [0.3, 0.4) is 0 Å². The first kappa shape index (κ1) is 24.1. The van der Waals surface area contributed by atoms with Crippen LogP contribution in [-0.2, 0) is 4.79 Å². The Labute approximate surface area is 201 Å². The zero-order chi connectivity index (χ0) is 24.1. The topological polar surface area (TPSA) is 73.7 Å². The van der Waals surface area contributed by atoms with Crippen molar-refractivity contribution in [1.82, 2.24) is 5.32 Å². The fraction of sp³-hybridized carbons (Fsp3) is 0.429. The Morgan fingerprint density at radius 1 is 1.24 bits per heavy atom. The first-order valence-electron chi connectivity index (χ1n) is 12.3. The Morgan fingerprint density at radius 2 is 2.06 bits per heavy atom. The van der Waals surface area contributed by atoms with Crippen molar-refractivity contribution >= 4 is 22.9 Å². The quantitative estimate of drug-likeness (QED) is 0.502. The maximum atomic E-state index is 14.7. The van der Waals surface area contributed by atoms with Gasteiger partial charge < -0.3 is 15.7 Å². The first-order valence-corrected chi connectivity index (χ1v) is 12.3. The molecule has 1 saturated heterocycles. The molecule has 1 fully saturated rings. The number of aryl methyl sites for hydroxylation is 1. The van der Waals surface area contributed by atoms with Crippen molar-refractivity contribution in [2.24, 2.45) is 10.9 Å². The molecule has 2 aromatic carbocycles. The van der Waals surface area contributed by atoms with Gasteiger partial charge in [-0.25, -0.2) is 4.39 Å². The molecule has 180 valence electrons. The number of carbonyl (C=O) groups excluding carboxylic acids is 1. The molecule has 6 heteroatoms. The molecule has 0 aromatic heterocycles. The molecular formula is C28H34FN3O2. The lowest BCUT2D eigenvalue weighted by Crippen LogP contribution is -2.14. The summed E-state index contributed by atoms with van der Waals surface area (Å²) in [5.41, 5.74) is 4.87. The number of anilines is 1. The molecule has 0 bridgehead atoms. The van der Waals surface area contributed by atoms with E-state index < -0.39 is 5.82 Å². The molecule has 34 heavy (non-hydrogen) atoms. The molecule has 4 rings (SSSR count). The van der Waals surface area contributed by atoms with Crippen molar-refractivity contribution in [3.63, 3.8) is 0 Å². The number of amides is 1. The third kappa shape index (κ3) is 5.73. The van der Waals surface area contributed by atoms with Crippen molar-refractivity contribution in [3.8, 4) is 16.9 Å². The lowest BCUT2D eigenvalue weighted by Gasteiger charge is -2.19. The first-order chi connectivity index (χ1) is 16.4. The van der Waals surface area contributed by atoms with Gasteiger partial charge in [0.15, 0.2) is 0 Å². The highest BCUT2D eigenvalue weighted by Crippen LogP contribution is 2.39. The number of phenolic OH excluding ortho intramolecular Hbond substituents is 1. The smallest absolute Gasteiger partial charge is 0.221 e. The lowest BCUT2D eigenvalue weighted by molar-refractivity contribution is -0.114.